The number of phenolic OH excluding ortho intramolecular Hbond substituents is 2. The van der Waals surface area contributed by atoms with Crippen LogP contribution in [-0.4, -0.2) is 20.0 Å². The molecule has 0 unspecified atom stereocenters. The van der Waals surface area contributed by atoms with E-state index in [0.29, 0.717) is 0 Å². The van der Waals surface area contributed by atoms with Crippen LogP contribution in [0.2, 0.25) is 0 Å². The van der Waals surface area contributed by atoms with Crippen molar-refractivity contribution in [3.8, 4) is 22.8 Å². The molecule has 0 spiro atoms. The molecule has 23 heavy (non-hydrogen) atoms. The summed E-state index contributed by atoms with van der Waals surface area (Å²) in [4.78, 5) is 0. The molecule has 3 aromatic rings. The van der Waals surface area contributed by atoms with E-state index in [0.717, 1.165) is 28.2 Å². The molecule has 3 N–H and O–H groups in total. The fraction of sp³-hybridized carbons (Fsp3) is 0.167. The summed E-state index contributed by atoms with van der Waals surface area (Å²) in [7, 11) is 0. The summed E-state index contributed by atoms with van der Waals surface area (Å²) in [5.74, 6) is -0.262. The van der Waals surface area contributed by atoms with Gasteiger partial charge >= 0.3 is 0 Å². The largest absolute Gasteiger partial charge is 0.504 e. The van der Waals surface area contributed by atoms with Crippen LogP contribution in [-0.2, 0) is 0 Å². The van der Waals surface area contributed by atoms with Gasteiger partial charge in [0.2, 0.25) is 0 Å². The Balaban J connectivity index is 1.90. The highest BCUT2D eigenvalue weighted by atomic mass is 16.3. The quantitative estimate of drug-likeness (QED) is 0.601. The number of nitrogens with one attached hydrogen (secondary N) is 1. The van der Waals surface area contributed by atoms with Gasteiger partial charge in [-0.25, -0.2) is 4.68 Å². The van der Waals surface area contributed by atoms with Crippen LogP contribution in [0, 0.1) is 13.8 Å². The minimum atomic E-state index is -0.236. The molecule has 0 saturated carbocycles. The highest BCUT2D eigenvalue weighted by Gasteiger charge is 2.26. The number of hydrogen-bond acceptors (Lipinski definition) is 4. The van der Waals surface area contributed by atoms with Crippen molar-refractivity contribution in [2.75, 3.05) is 5.32 Å². The van der Waals surface area contributed by atoms with Crippen LogP contribution in [0.15, 0.2) is 42.5 Å². The van der Waals surface area contributed by atoms with Gasteiger partial charge in [-0.15, -0.1) is 0 Å². The Morgan fingerprint density at radius 3 is 2.61 bits per heavy atom. The second-order valence-electron chi connectivity index (χ2n) is 5.96. The molecular weight excluding hydrogens is 290 g/mol. The molecule has 0 aliphatic carbocycles. The minimum absolute atomic E-state index is 0.127. The van der Waals surface area contributed by atoms with Gasteiger partial charge in [0.25, 0.3) is 0 Å². The van der Waals surface area contributed by atoms with E-state index >= 15 is 0 Å². The van der Waals surface area contributed by atoms with Gasteiger partial charge in [-0.05, 0) is 44.2 Å². The minimum Gasteiger partial charge on any atom is -0.504 e. The van der Waals surface area contributed by atoms with Gasteiger partial charge in [-0.3, -0.25) is 0 Å². The topological polar surface area (TPSA) is 70.3 Å². The molecule has 0 amide bonds. The van der Waals surface area contributed by atoms with Crippen LogP contribution in [0.5, 0.6) is 11.5 Å². The SMILES string of the molecule is Cc1ccc2c(c1)-c1cc(C)nn1[C@H](c1ccc(O)c(O)c1)N2. The van der Waals surface area contributed by atoms with Gasteiger partial charge in [0, 0.05) is 16.8 Å². The molecule has 5 heteroatoms. The molecule has 2 heterocycles. The van der Waals surface area contributed by atoms with Crippen molar-refractivity contribution in [1.82, 2.24) is 9.78 Å². The van der Waals surface area contributed by atoms with Crippen LogP contribution in [0.1, 0.15) is 23.0 Å². The molecule has 1 aliphatic rings. The van der Waals surface area contributed by atoms with Gasteiger partial charge < -0.3 is 15.5 Å². The van der Waals surface area contributed by atoms with Crippen LogP contribution in [0.25, 0.3) is 11.3 Å². The number of fused-ring (bicyclic) bond motifs is 3. The Bertz CT molecular complexity index is 915. The van der Waals surface area contributed by atoms with Gasteiger partial charge in [0.15, 0.2) is 11.5 Å². The monoisotopic (exact) mass is 307 g/mol. The molecule has 1 aromatic heterocycles. The van der Waals surface area contributed by atoms with E-state index in [1.54, 1.807) is 12.1 Å². The molecule has 4 rings (SSSR count). The summed E-state index contributed by atoms with van der Waals surface area (Å²) >= 11 is 0. The number of nitrogens with zero attached hydrogens (tertiary/aromatic N) is 2. The summed E-state index contributed by atoms with van der Waals surface area (Å²) in [6.07, 6.45) is -0.236. The third kappa shape index (κ3) is 2.12. The van der Waals surface area contributed by atoms with Crippen molar-refractivity contribution >= 4 is 5.69 Å². The number of aromatic hydroxyl groups is 2. The van der Waals surface area contributed by atoms with Crippen LogP contribution >= 0.6 is 0 Å². The Morgan fingerprint density at radius 1 is 1.00 bits per heavy atom. The fourth-order valence-electron chi connectivity index (χ4n) is 3.05. The molecule has 116 valence electrons. The summed E-state index contributed by atoms with van der Waals surface area (Å²) in [5.41, 5.74) is 6.14. The van der Waals surface area contributed by atoms with Crippen molar-refractivity contribution in [1.29, 1.82) is 0 Å². The zero-order valence-corrected chi connectivity index (χ0v) is 12.9. The van der Waals surface area contributed by atoms with E-state index in [2.05, 4.69) is 41.6 Å². The van der Waals surface area contributed by atoms with E-state index in [4.69, 9.17) is 0 Å². The maximum absolute atomic E-state index is 9.81. The second-order valence-corrected chi connectivity index (χ2v) is 5.96. The van der Waals surface area contributed by atoms with Gasteiger partial charge in [-0.1, -0.05) is 17.7 Å². The highest BCUT2D eigenvalue weighted by Crippen LogP contribution is 2.40. The van der Waals surface area contributed by atoms with Gasteiger partial charge in [-0.2, -0.15) is 5.10 Å². The van der Waals surface area contributed by atoms with E-state index < -0.39 is 0 Å². The lowest BCUT2D eigenvalue weighted by Crippen LogP contribution is -2.25. The summed E-state index contributed by atoms with van der Waals surface area (Å²) in [6.45, 7) is 4.03. The van der Waals surface area contributed by atoms with E-state index in [1.807, 2.05) is 11.6 Å². The first-order valence-electron chi connectivity index (χ1n) is 7.48. The highest BCUT2D eigenvalue weighted by molar-refractivity contribution is 5.79. The number of aromatic nitrogens is 2. The predicted octanol–water partition coefficient (Wildman–Crippen LogP) is 3.55. The van der Waals surface area contributed by atoms with Crippen LogP contribution in [0.3, 0.4) is 0 Å². The number of anilines is 1. The molecular formula is C18H17N3O2. The van der Waals surface area contributed by atoms with Crippen molar-refractivity contribution < 1.29 is 10.2 Å². The number of phenols is 2. The Labute approximate surface area is 133 Å². The molecule has 2 aromatic carbocycles. The molecule has 0 fully saturated rings. The molecule has 5 nitrogen and oxygen atoms in total. The Hall–Kier alpha value is -2.95. The number of rotatable bonds is 1. The lowest BCUT2D eigenvalue weighted by molar-refractivity contribution is 0.402. The first kappa shape index (κ1) is 13.7. The van der Waals surface area contributed by atoms with Crippen molar-refractivity contribution in [2.45, 2.75) is 20.0 Å². The van der Waals surface area contributed by atoms with E-state index in [1.165, 1.54) is 11.6 Å². The Morgan fingerprint density at radius 2 is 1.83 bits per heavy atom. The van der Waals surface area contributed by atoms with E-state index in [9.17, 15) is 10.2 Å². The van der Waals surface area contributed by atoms with Gasteiger partial charge in [0.1, 0.15) is 6.17 Å². The third-order valence-electron chi connectivity index (χ3n) is 4.16. The summed E-state index contributed by atoms with van der Waals surface area (Å²) < 4.78 is 1.92. The molecule has 0 bridgehead atoms. The summed E-state index contributed by atoms with van der Waals surface area (Å²) in [5, 5.41) is 27.4. The Kier molecular flexibility index (Phi) is 2.84. The lowest BCUT2D eigenvalue weighted by atomic mass is 10.0. The first-order valence-corrected chi connectivity index (χ1v) is 7.48. The predicted molar refractivity (Wildman–Crippen MR) is 88.7 cm³/mol. The zero-order chi connectivity index (χ0) is 16.1. The standard InChI is InChI=1S/C18H17N3O2/c1-10-3-5-14-13(7-10)15-8-11(2)20-21(15)18(19-14)12-4-6-16(22)17(23)9-12/h3-9,18-19,22-23H,1-2H3/t18-/m1/s1. The number of hydrogen-bond donors (Lipinski definition) is 3. The molecule has 0 saturated heterocycles. The normalized spacial score (nSPS) is 15.7. The number of benzene rings is 2. The van der Waals surface area contributed by atoms with Crippen LogP contribution < -0.4 is 5.32 Å². The maximum Gasteiger partial charge on any atom is 0.157 e. The fourth-order valence-corrected chi connectivity index (χ4v) is 3.05. The third-order valence-corrected chi connectivity index (χ3v) is 4.16. The second kappa shape index (κ2) is 4.78. The smallest absolute Gasteiger partial charge is 0.157 e. The molecule has 1 aliphatic heterocycles. The zero-order valence-electron chi connectivity index (χ0n) is 12.9. The van der Waals surface area contributed by atoms with Crippen molar-refractivity contribution in [2.24, 2.45) is 0 Å². The summed E-state index contributed by atoms with van der Waals surface area (Å²) in [6, 6.07) is 13.2. The van der Waals surface area contributed by atoms with Crippen molar-refractivity contribution in [3.05, 3.63) is 59.3 Å². The van der Waals surface area contributed by atoms with Gasteiger partial charge in [0.05, 0.1) is 11.4 Å². The maximum atomic E-state index is 9.81. The molecule has 0 radical (unpaired) electrons. The molecule has 1 atom stereocenters. The van der Waals surface area contributed by atoms with E-state index in [-0.39, 0.29) is 17.7 Å². The first-order chi connectivity index (χ1) is 11.0. The van der Waals surface area contributed by atoms with Crippen LogP contribution in [0.4, 0.5) is 5.69 Å². The lowest BCUT2D eigenvalue weighted by Gasteiger charge is -2.29. The average molecular weight is 307 g/mol. The number of aryl methyl sites for hydroxylation is 2. The average Bonchev–Trinajstić information content (AvgIpc) is 2.91. The van der Waals surface area contributed by atoms with Crippen molar-refractivity contribution in [3.63, 3.8) is 0 Å².